The van der Waals surface area contributed by atoms with E-state index in [2.05, 4.69) is 33.5 Å². The van der Waals surface area contributed by atoms with Crippen molar-refractivity contribution in [2.24, 2.45) is 0 Å². The number of thiazole rings is 1. The Labute approximate surface area is 202 Å². The SMILES string of the molecule is COc1cccc(-c2ccc(CNC(=O)Cc3nc(-c4ccccc4)cs3)c3cnccc23)c1. The fourth-order valence-electron chi connectivity index (χ4n) is 3.97. The molecule has 6 heteroatoms. The fraction of sp³-hybridized carbons (Fsp3) is 0.107. The van der Waals surface area contributed by atoms with Crippen molar-refractivity contribution in [2.75, 3.05) is 7.11 Å². The lowest BCUT2D eigenvalue weighted by molar-refractivity contribution is -0.120. The highest BCUT2D eigenvalue weighted by Gasteiger charge is 2.12. The molecule has 1 amide bonds. The Hall–Kier alpha value is -4.03. The molecule has 0 atom stereocenters. The number of amides is 1. The van der Waals surface area contributed by atoms with Crippen LogP contribution in [0.2, 0.25) is 0 Å². The number of nitrogens with one attached hydrogen (secondary N) is 1. The zero-order chi connectivity index (χ0) is 23.3. The monoisotopic (exact) mass is 465 g/mol. The number of ether oxygens (including phenoxy) is 1. The van der Waals surface area contributed by atoms with Crippen LogP contribution < -0.4 is 10.1 Å². The van der Waals surface area contributed by atoms with Crippen LogP contribution in [0.25, 0.3) is 33.2 Å². The van der Waals surface area contributed by atoms with Crippen molar-refractivity contribution in [1.82, 2.24) is 15.3 Å². The third-order valence-electron chi connectivity index (χ3n) is 5.70. The number of pyridine rings is 1. The second-order valence-corrected chi connectivity index (χ2v) is 8.81. The van der Waals surface area contributed by atoms with Gasteiger partial charge in [-0.2, -0.15) is 0 Å². The maximum absolute atomic E-state index is 12.7. The van der Waals surface area contributed by atoms with Gasteiger partial charge in [0.2, 0.25) is 5.91 Å². The summed E-state index contributed by atoms with van der Waals surface area (Å²) in [5.74, 6) is 0.761. The van der Waals surface area contributed by atoms with E-state index in [1.54, 1.807) is 13.3 Å². The second kappa shape index (κ2) is 9.85. The van der Waals surface area contributed by atoms with Crippen LogP contribution in [0.3, 0.4) is 0 Å². The van der Waals surface area contributed by atoms with E-state index in [1.165, 1.54) is 11.3 Å². The van der Waals surface area contributed by atoms with E-state index in [0.29, 0.717) is 6.54 Å². The Morgan fingerprint density at radius 2 is 1.82 bits per heavy atom. The molecule has 3 aromatic carbocycles. The van der Waals surface area contributed by atoms with Gasteiger partial charge in [-0.05, 0) is 40.3 Å². The van der Waals surface area contributed by atoms with Gasteiger partial charge in [0.1, 0.15) is 10.8 Å². The summed E-state index contributed by atoms with van der Waals surface area (Å²) < 4.78 is 5.39. The molecule has 5 nitrogen and oxygen atoms in total. The average Bonchev–Trinajstić information content (AvgIpc) is 3.36. The Kier molecular flexibility index (Phi) is 6.31. The average molecular weight is 466 g/mol. The van der Waals surface area contributed by atoms with Gasteiger partial charge < -0.3 is 10.1 Å². The number of rotatable bonds is 7. The van der Waals surface area contributed by atoms with E-state index in [0.717, 1.165) is 49.5 Å². The molecule has 0 radical (unpaired) electrons. The third-order valence-corrected chi connectivity index (χ3v) is 6.55. The number of carbonyl (C=O) groups is 1. The molecule has 5 rings (SSSR count). The Bertz CT molecular complexity index is 1450. The van der Waals surface area contributed by atoms with Crippen LogP contribution in [0, 0.1) is 0 Å². The van der Waals surface area contributed by atoms with E-state index >= 15 is 0 Å². The third kappa shape index (κ3) is 4.67. The number of carbonyl (C=O) groups excluding carboxylic acids is 1. The predicted molar refractivity (Wildman–Crippen MR) is 137 cm³/mol. The van der Waals surface area contributed by atoms with Crippen molar-refractivity contribution in [1.29, 1.82) is 0 Å². The molecule has 2 aromatic heterocycles. The van der Waals surface area contributed by atoms with Gasteiger partial charge in [-0.15, -0.1) is 11.3 Å². The number of hydrogen-bond donors (Lipinski definition) is 1. The summed E-state index contributed by atoms with van der Waals surface area (Å²) in [6.07, 6.45) is 3.91. The standard InChI is InChI=1S/C28H23N3O2S/c1-33-22-9-5-8-20(14-22)23-11-10-21(25-17-29-13-12-24(23)25)16-30-27(32)15-28-31-26(18-34-28)19-6-3-2-4-7-19/h2-14,17-18H,15-16H2,1H3,(H,30,32). The van der Waals surface area contributed by atoms with Crippen molar-refractivity contribution in [2.45, 2.75) is 13.0 Å². The van der Waals surface area contributed by atoms with Crippen molar-refractivity contribution in [3.05, 3.63) is 101 Å². The molecule has 0 spiro atoms. The molecular weight excluding hydrogens is 442 g/mol. The number of nitrogens with zero attached hydrogens (tertiary/aromatic N) is 2. The van der Waals surface area contributed by atoms with E-state index in [-0.39, 0.29) is 12.3 Å². The normalized spacial score (nSPS) is 10.9. The first-order valence-electron chi connectivity index (χ1n) is 11.0. The lowest BCUT2D eigenvalue weighted by Gasteiger charge is -2.13. The van der Waals surface area contributed by atoms with Crippen LogP contribution in [0.15, 0.2) is 90.6 Å². The summed E-state index contributed by atoms with van der Waals surface area (Å²) >= 11 is 1.51. The maximum atomic E-state index is 12.7. The minimum atomic E-state index is -0.0529. The highest BCUT2D eigenvalue weighted by atomic mass is 32.1. The fourth-order valence-corrected chi connectivity index (χ4v) is 4.77. The summed E-state index contributed by atoms with van der Waals surface area (Å²) in [5.41, 5.74) is 5.15. The number of aromatic nitrogens is 2. The predicted octanol–water partition coefficient (Wildman–Crippen LogP) is 5.89. The van der Waals surface area contributed by atoms with Gasteiger partial charge in [-0.25, -0.2) is 4.98 Å². The van der Waals surface area contributed by atoms with Gasteiger partial charge in [0.05, 0.1) is 19.2 Å². The highest BCUT2D eigenvalue weighted by Crippen LogP contribution is 2.32. The quantitative estimate of drug-likeness (QED) is 0.325. The first kappa shape index (κ1) is 21.8. The van der Waals surface area contributed by atoms with E-state index in [1.807, 2.05) is 66.2 Å². The summed E-state index contributed by atoms with van der Waals surface area (Å²) in [4.78, 5) is 21.6. The van der Waals surface area contributed by atoms with Crippen LogP contribution in [-0.4, -0.2) is 23.0 Å². The number of benzene rings is 3. The van der Waals surface area contributed by atoms with Crippen molar-refractivity contribution < 1.29 is 9.53 Å². The minimum absolute atomic E-state index is 0.0529. The van der Waals surface area contributed by atoms with Gasteiger partial charge in [-0.1, -0.05) is 54.6 Å². The van der Waals surface area contributed by atoms with Crippen LogP contribution in [0.4, 0.5) is 0 Å². The lowest BCUT2D eigenvalue weighted by atomic mass is 9.96. The van der Waals surface area contributed by atoms with Gasteiger partial charge in [0.15, 0.2) is 0 Å². The van der Waals surface area contributed by atoms with Crippen LogP contribution in [-0.2, 0) is 17.8 Å². The molecule has 5 aromatic rings. The van der Waals surface area contributed by atoms with E-state index in [9.17, 15) is 4.79 Å². The van der Waals surface area contributed by atoms with E-state index in [4.69, 9.17) is 4.74 Å². The van der Waals surface area contributed by atoms with Gasteiger partial charge in [0.25, 0.3) is 0 Å². The largest absolute Gasteiger partial charge is 0.497 e. The topological polar surface area (TPSA) is 64.1 Å². The smallest absolute Gasteiger partial charge is 0.227 e. The van der Waals surface area contributed by atoms with Crippen LogP contribution >= 0.6 is 11.3 Å². The Balaban J connectivity index is 1.32. The molecule has 0 saturated heterocycles. The molecule has 0 aliphatic carbocycles. The Morgan fingerprint density at radius 3 is 2.68 bits per heavy atom. The Morgan fingerprint density at radius 1 is 0.971 bits per heavy atom. The van der Waals surface area contributed by atoms with Crippen molar-refractivity contribution in [3.8, 4) is 28.1 Å². The van der Waals surface area contributed by atoms with Gasteiger partial charge >= 0.3 is 0 Å². The molecule has 0 bridgehead atoms. The minimum Gasteiger partial charge on any atom is -0.497 e. The summed E-state index contributed by atoms with van der Waals surface area (Å²) in [6.45, 7) is 0.427. The zero-order valence-corrected chi connectivity index (χ0v) is 19.5. The summed E-state index contributed by atoms with van der Waals surface area (Å²) in [5, 5.41) is 7.95. The van der Waals surface area contributed by atoms with Crippen molar-refractivity contribution in [3.63, 3.8) is 0 Å². The summed E-state index contributed by atoms with van der Waals surface area (Å²) in [7, 11) is 1.67. The molecule has 0 aliphatic rings. The maximum Gasteiger partial charge on any atom is 0.227 e. The van der Waals surface area contributed by atoms with Gasteiger partial charge in [-0.3, -0.25) is 9.78 Å². The molecular formula is C28H23N3O2S. The molecule has 0 aliphatic heterocycles. The molecule has 2 heterocycles. The van der Waals surface area contributed by atoms with E-state index < -0.39 is 0 Å². The van der Waals surface area contributed by atoms with Crippen LogP contribution in [0.1, 0.15) is 10.6 Å². The molecule has 0 saturated carbocycles. The van der Waals surface area contributed by atoms with Crippen LogP contribution in [0.5, 0.6) is 5.75 Å². The molecule has 1 N–H and O–H groups in total. The number of fused-ring (bicyclic) bond motifs is 1. The first-order chi connectivity index (χ1) is 16.7. The molecule has 0 fully saturated rings. The lowest BCUT2D eigenvalue weighted by Crippen LogP contribution is -2.24. The summed E-state index contributed by atoms with van der Waals surface area (Å²) in [6, 6.07) is 24.1. The zero-order valence-electron chi connectivity index (χ0n) is 18.7. The van der Waals surface area contributed by atoms with Crippen molar-refractivity contribution >= 4 is 28.0 Å². The molecule has 34 heavy (non-hydrogen) atoms. The number of hydrogen-bond acceptors (Lipinski definition) is 5. The van der Waals surface area contributed by atoms with Gasteiger partial charge in [0, 0.05) is 35.3 Å². The number of methoxy groups -OCH3 is 1. The highest BCUT2D eigenvalue weighted by molar-refractivity contribution is 7.10. The first-order valence-corrected chi connectivity index (χ1v) is 11.9. The molecule has 0 unspecified atom stereocenters. The molecule has 168 valence electrons. The second-order valence-electron chi connectivity index (χ2n) is 7.87.